The predicted octanol–water partition coefficient (Wildman–Crippen LogP) is 8.61. The highest BCUT2D eigenvalue weighted by Crippen LogP contribution is 2.14. The minimum atomic E-state index is 0.367. The highest BCUT2D eigenvalue weighted by Gasteiger charge is 1.96. The van der Waals surface area contributed by atoms with Crippen LogP contribution in [0, 0.1) is 0 Å². The monoisotopic (exact) mass is 418 g/mol. The molecule has 0 fully saturated rings. The lowest BCUT2D eigenvalue weighted by Gasteiger charge is -2.05. The SMILES string of the molecule is OCCCCCCCCCCCCCCCCCCCCCOCc1ccccc1. The number of aliphatic hydroxyl groups is 1. The summed E-state index contributed by atoms with van der Waals surface area (Å²) < 4.78 is 5.75. The Hall–Kier alpha value is -0.860. The van der Waals surface area contributed by atoms with Crippen molar-refractivity contribution in [1.29, 1.82) is 0 Å². The summed E-state index contributed by atoms with van der Waals surface area (Å²) in [6, 6.07) is 10.5. The number of rotatable bonds is 23. The highest BCUT2D eigenvalue weighted by atomic mass is 16.5. The van der Waals surface area contributed by atoms with Crippen LogP contribution in [0.1, 0.15) is 128 Å². The molecule has 0 saturated heterocycles. The summed E-state index contributed by atoms with van der Waals surface area (Å²) in [6.07, 6.45) is 25.9. The largest absolute Gasteiger partial charge is 0.396 e. The van der Waals surface area contributed by atoms with Crippen LogP contribution in [0.25, 0.3) is 0 Å². The Morgan fingerprint density at radius 2 is 0.833 bits per heavy atom. The van der Waals surface area contributed by atoms with E-state index in [1.54, 1.807) is 0 Å². The van der Waals surface area contributed by atoms with Crippen LogP contribution in [0.5, 0.6) is 0 Å². The van der Waals surface area contributed by atoms with Crippen molar-refractivity contribution in [3.8, 4) is 0 Å². The fourth-order valence-corrected chi connectivity index (χ4v) is 4.09. The molecule has 2 heteroatoms. The summed E-state index contributed by atoms with van der Waals surface area (Å²) >= 11 is 0. The maximum atomic E-state index is 8.75. The molecule has 0 spiro atoms. The molecule has 0 aliphatic rings. The Balaban J connectivity index is 1.65. The summed E-state index contributed by atoms with van der Waals surface area (Å²) in [5.74, 6) is 0. The van der Waals surface area contributed by atoms with Crippen molar-refractivity contribution in [1.82, 2.24) is 0 Å². The number of unbranched alkanes of at least 4 members (excludes halogenated alkanes) is 18. The first-order valence-electron chi connectivity index (χ1n) is 13.2. The summed E-state index contributed by atoms with van der Waals surface area (Å²) in [5.41, 5.74) is 1.28. The molecule has 1 rings (SSSR count). The minimum Gasteiger partial charge on any atom is -0.396 e. The predicted molar refractivity (Wildman–Crippen MR) is 131 cm³/mol. The topological polar surface area (TPSA) is 29.5 Å². The molecule has 0 aromatic heterocycles. The van der Waals surface area contributed by atoms with Crippen LogP contribution in [0.3, 0.4) is 0 Å². The van der Waals surface area contributed by atoms with Crippen molar-refractivity contribution in [3.05, 3.63) is 35.9 Å². The summed E-state index contributed by atoms with van der Waals surface area (Å²) in [4.78, 5) is 0. The smallest absolute Gasteiger partial charge is 0.0716 e. The van der Waals surface area contributed by atoms with Crippen LogP contribution in [0.15, 0.2) is 30.3 Å². The lowest BCUT2D eigenvalue weighted by Crippen LogP contribution is -1.95. The Labute approximate surface area is 187 Å². The molecule has 0 aliphatic heterocycles. The zero-order valence-corrected chi connectivity index (χ0v) is 19.8. The van der Waals surface area contributed by atoms with E-state index in [1.165, 1.54) is 121 Å². The highest BCUT2D eigenvalue weighted by molar-refractivity contribution is 5.13. The van der Waals surface area contributed by atoms with E-state index >= 15 is 0 Å². The number of aliphatic hydroxyl groups excluding tert-OH is 1. The number of ether oxygens (including phenoxy) is 1. The molecule has 174 valence electrons. The van der Waals surface area contributed by atoms with Crippen LogP contribution in [0.2, 0.25) is 0 Å². The standard InChI is InChI=1S/C28H50O2/c29-25-21-16-14-12-10-8-6-4-2-1-3-5-7-9-11-13-15-17-22-26-30-27-28-23-19-18-20-24-28/h18-20,23-24,29H,1-17,21-22,25-27H2. The van der Waals surface area contributed by atoms with Gasteiger partial charge in [0.25, 0.3) is 0 Å². The third kappa shape index (κ3) is 19.1. The molecule has 1 aromatic carbocycles. The normalized spacial score (nSPS) is 11.2. The molecule has 0 radical (unpaired) electrons. The van der Waals surface area contributed by atoms with Crippen molar-refractivity contribution in [3.63, 3.8) is 0 Å². The molecular formula is C28H50O2. The molecular weight excluding hydrogens is 368 g/mol. The van der Waals surface area contributed by atoms with E-state index in [1.807, 2.05) is 0 Å². The fraction of sp³-hybridized carbons (Fsp3) is 0.786. The third-order valence-corrected chi connectivity index (χ3v) is 6.06. The molecule has 0 saturated carbocycles. The van der Waals surface area contributed by atoms with E-state index in [0.29, 0.717) is 6.61 Å². The fourth-order valence-electron chi connectivity index (χ4n) is 4.09. The zero-order valence-electron chi connectivity index (χ0n) is 19.8. The van der Waals surface area contributed by atoms with Crippen LogP contribution in [-0.4, -0.2) is 18.3 Å². The van der Waals surface area contributed by atoms with Crippen molar-refractivity contribution in [2.24, 2.45) is 0 Å². The average Bonchev–Trinajstić information content (AvgIpc) is 2.78. The minimum absolute atomic E-state index is 0.367. The molecule has 0 aliphatic carbocycles. The van der Waals surface area contributed by atoms with E-state index in [0.717, 1.165) is 19.6 Å². The molecule has 0 atom stereocenters. The average molecular weight is 419 g/mol. The van der Waals surface area contributed by atoms with E-state index in [4.69, 9.17) is 9.84 Å². The first-order chi connectivity index (χ1) is 14.9. The lowest BCUT2D eigenvalue weighted by atomic mass is 10.0. The second kappa shape index (κ2) is 22.8. The van der Waals surface area contributed by atoms with Gasteiger partial charge in [0.2, 0.25) is 0 Å². The van der Waals surface area contributed by atoms with Gasteiger partial charge in [0.1, 0.15) is 0 Å². The van der Waals surface area contributed by atoms with Gasteiger partial charge in [-0.15, -0.1) is 0 Å². The quantitative estimate of drug-likeness (QED) is 0.180. The van der Waals surface area contributed by atoms with Crippen molar-refractivity contribution in [2.75, 3.05) is 13.2 Å². The van der Waals surface area contributed by atoms with Gasteiger partial charge in [-0.3, -0.25) is 0 Å². The second-order valence-electron chi connectivity index (χ2n) is 8.98. The van der Waals surface area contributed by atoms with Gasteiger partial charge in [-0.2, -0.15) is 0 Å². The van der Waals surface area contributed by atoms with Gasteiger partial charge in [0.05, 0.1) is 6.61 Å². The Bertz CT molecular complexity index is 432. The van der Waals surface area contributed by atoms with E-state index in [2.05, 4.69) is 30.3 Å². The van der Waals surface area contributed by atoms with Crippen molar-refractivity contribution >= 4 is 0 Å². The summed E-state index contributed by atoms with van der Waals surface area (Å²) in [7, 11) is 0. The molecule has 2 nitrogen and oxygen atoms in total. The van der Waals surface area contributed by atoms with Gasteiger partial charge in [0, 0.05) is 13.2 Å². The van der Waals surface area contributed by atoms with Crippen LogP contribution in [0.4, 0.5) is 0 Å². The summed E-state index contributed by atoms with van der Waals surface area (Å²) in [6.45, 7) is 2.03. The molecule has 0 heterocycles. The Morgan fingerprint density at radius 3 is 1.23 bits per heavy atom. The maximum Gasteiger partial charge on any atom is 0.0716 e. The number of hydrogen-bond acceptors (Lipinski definition) is 2. The van der Waals surface area contributed by atoms with Crippen LogP contribution < -0.4 is 0 Å². The molecule has 1 N–H and O–H groups in total. The lowest BCUT2D eigenvalue weighted by molar-refractivity contribution is 0.116. The van der Waals surface area contributed by atoms with E-state index in [9.17, 15) is 0 Å². The van der Waals surface area contributed by atoms with Gasteiger partial charge in [-0.1, -0.05) is 139 Å². The van der Waals surface area contributed by atoms with Crippen LogP contribution >= 0.6 is 0 Å². The zero-order chi connectivity index (χ0) is 21.4. The number of hydrogen-bond donors (Lipinski definition) is 1. The first kappa shape index (κ1) is 27.2. The molecule has 0 unspecified atom stereocenters. The molecule has 0 amide bonds. The van der Waals surface area contributed by atoms with Gasteiger partial charge in [-0.05, 0) is 18.4 Å². The van der Waals surface area contributed by atoms with Crippen molar-refractivity contribution < 1.29 is 9.84 Å². The molecule has 30 heavy (non-hydrogen) atoms. The van der Waals surface area contributed by atoms with Crippen molar-refractivity contribution in [2.45, 2.75) is 129 Å². The molecule has 1 aromatic rings. The maximum absolute atomic E-state index is 8.75. The Morgan fingerprint density at radius 1 is 0.467 bits per heavy atom. The van der Waals surface area contributed by atoms with E-state index in [-0.39, 0.29) is 0 Å². The van der Waals surface area contributed by atoms with Gasteiger partial charge in [0.15, 0.2) is 0 Å². The van der Waals surface area contributed by atoms with Gasteiger partial charge < -0.3 is 9.84 Å². The van der Waals surface area contributed by atoms with Crippen LogP contribution in [-0.2, 0) is 11.3 Å². The number of benzene rings is 1. The van der Waals surface area contributed by atoms with Gasteiger partial charge in [-0.25, -0.2) is 0 Å². The Kier molecular flexibility index (Phi) is 20.7. The first-order valence-corrected chi connectivity index (χ1v) is 13.2. The third-order valence-electron chi connectivity index (χ3n) is 6.06. The molecule has 0 bridgehead atoms. The second-order valence-corrected chi connectivity index (χ2v) is 8.98. The summed E-state index contributed by atoms with van der Waals surface area (Å²) in [5, 5.41) is 8.75. The van der Waals surface area contributed by atoms with E-state index < -0.39 is 0 Å². The van der Waals surface area contributed by atoms with Gasteiger partial charge >= 0.3 is 0 Å².